The van der Waals surface area contributed by atoms with Gasteiger partial charge in [0.1, 0.15) is 0 Å². The molecule has 2 atom stereocenters. The molecule has 0 aliphatic carbocycles. The summed E-state index contributed by atoms with van der Waals surface area (Å²) in [5, 5.41) is 12.0. The predicted octanol–water partition coefficient (Wildman–Crippen LogP) is 5.29. The average molecular weight is 373 g/mol. The first-order valence-electron chi connectivity index (χ1n) is 10.2. The van der Waals surface area contributed by atoms with Crippen LogP contribution in [0.15, 0.2) is 66.7 Å². The number of aliphatic carboxylic acids is 1. The third-order valence-electron chi connectivity index (χ3n) is 5.96. The minimum absolute atomic E-state index is 0.0812. The fourth-order valence-electron chi connectivity index (χ4n) is 4.37. The van der Waals surface area contributed by atoms with Gasteiger partial charge in [0.15, 0.2) is 0 Å². The van der Waals surface area contributed by atoms with Gasteiger partial charge in [-0.2, -0.15) is 0 Å². The molecule has 1 N–H and O–H groups in total. The van der Waals surface area contributed by atoms with Crippen molar-refractivity contribution in [2.75, 3.05) is 13.1 Å². The van der Waals surface area contributed by atoms with Gasteiger partial charge in [0.05, 0.1) is 12.0 Å². The lowest BCUT2D eigenvalue weighted by Crippen LogP contribution is -2.41. The quantitative estimate of drug-likeness (QED) is 0.661. The van der Waals surface area contributed by atoms with E-state index in [1.807, 2.05) is 0 Å². The van der Waals surface area contributed by atoms with E-state index < -0.39 is 5.97 Å². The van der Waals surface area contributed by atoms with Crippen LogP contribution in [0.2, 0.25) is 0 Å². The summed E-state index contributed by atoms with van der Waals surface area (Å²) in [6, 6.07) is 23.9. The number of likely N-dealkylation sites (tertiary alicyclic amines) is 1. The monoisotopic (exact) mass is 373 g/mol. The molecule has 1 fully saturated rings. The van der Waals surface area contributed by atoms with Gasteiger partial charge in [0, 0.05) is 6.54 Å². The van der Waals surface area contributed by atoms with Gasteiger partial charge in [-0.05, 0) is 59.3 Å². The number of hydrogen-bond donors (Lipinski definition) is 1. The lowest BCUT2D eigenvalue weighted by molar-refractivity contribution is -0.143. The molecule has 3 aromatic rings. The third kappa shape index (κ3) is 3.81. The molecule has 3 nitrogen and oxygen atoms in total. The van der Waals surface area contributed by atoms with Crippen LogP contribution in [-0.2, 0) is 11.2 Å². The van der Waals surface area contributed by atoms with E-state index in [9.17, 15) is 9.90 Å². The first kappa shape index (κ1) is 18.7. The van der Waals surface area contributed by atoms with Gasteiger partial charge in [-0.15, -0.1) is 0 Å². The summed E-state index contributed by atoms with van der Waals surface area (Å²) >= 11 is 0. The maximum Gasteiger partial charge on any atom is 0.307 e. The van der Waals surface area contributed by atoms with E-state index in [-0.39, 0.29) is 12.0 Å². The van der Waals surface area contributed by atoms with Crippen molar-refractivity contribution >= 4 is 16.7 Å². The minimum atomic E-state index is -0.678. The maximum atomic E-state index is 11.6. The van der Waals surface area contributed by atoms with Crippen molar-refractivity contribution < 1.29 is 9.90 Å². The van der Waals surface area contributed by atoms with Crippen LogP contribution in [0, 0.1) is 5.92 Å². The molecular weight excluding hydrogens is 346 g/mol. The molecule has 2 unspecified atom stereocenters. The van der Waals surface area contributed by atoms with Crippen LogP contribution >= 0.6 is 0 Å². The number of benzene rings is 3. The van der Waals surface area contributed by atoms with Gasteiger partial charge in [-0.3, -0.25) is 9.69 Å². The molecule has 144 valence electrons. The van der Waals surface area contributed by atoms with Gasteiger partial charge in [-0.1, -0.05) is 67.6 Å². The van der Waals surface area contributed by atoms with Gasteiger partial charge in [0.2, 0.25) is 0 Å². The van der Waals surface area contributed by atoms with Crippen LogP contribution in [0.25, 0.3) is 10.8 Å². The molecule has 3 aromatic carbocycles. The van der Waals surface area contributed by atoms with Gasteiger partial charge >= 0.3 is 5.97 Å². The van der Waals surface area contributed by atoms with E-state index in [0.717, 1.165) is 25.8 Å². The average Bonchev–Trinajstić information content (AvgIpc) is 2.74. The zero-order valence-corrected chi connectivity index (χ0v) is 16.3. The number of nitrogens with zero attached hydrogens (tertiary/aromatic N) is 1. The second-order valence-corrected chi connectivity index (χ2v) is 7.78. The number of carbonyl (C=O) groups is 1. The van der Waals surface area contributed by atoms with Crippen LogP contribution in [0.5, 0.6) is 0 Å². The highest BCUT2D eigenvalue weighted by Crippen LogP contribution is 2.34. The molecule has 3 heteroatoms. The van der Waals surface area contributed by atoms with Crippen LogP contribution in [0.3, 0.4) is 0 Å². The predicted molar refractivity (Wildman–Crippen MR) is 114 cm³/mol. The Bertz CT molecular complexity index is 964. The lowest BCUT2D eigenvalue weighted by Gasteiger charge is -2.37. The molecule has 0 saturated carbocycles. The van der Waals surface area contributed by atoms with Crippen LogP contribution in [-0.4, -0.2) is 29.1 Å². The largest absolute Gasteiger partial charge is 0.481 e. The molecule has 1 saturated heterocycles. The molecule has 0 spiro atoms. The van der Waals surface area contributed by atoms with Crippen molar-refractivity contribution in [1.82, 2.24) is 4.90 Å². The van der Waals surface area contributed by atoms with Gasteiger partial charge < -0.3 is 5.11 Å². The Hall–Kier alpha value is -2.65. The summed E-state index contributed by atoms with van der Waals surface area (Å²) in [6.07, 6.45) is 2.71. The Kier molecular flexibility index (Phi) is 5.45. The Morgan fingerprint density at radius 2 is 1.75 bits per heavy atom. The van der Waals surface area contributed by atoms with Crippen molar-refractivity contribution in [3.05, 3.63) is 83.4 Å². The summed E-state index contributed by atoms with van der Waals surface area (Å²) in [6.45, 7) is 3.69. The van der Waals surface area contributed by atoms with Crippen LogP contribution in [0.4, 0.5) is 0 Å². The highest BCUT2D eigenvalue weighted by molar-refractivity contribution is 5.83. The van der Waals surface area contributed by atoms with Gasteiger partial charge in [0.25, 0.3) is 0 Å². The first-order valence-corrected chi connectivity index (χ1v) is 10.2. The molecule has 0 aromatic heterocycles. The van der Waals surface area contributed by atoms with Gasteiger partial charge in [-0.25, -0.2) is 0 Å². The molecule has 0 bridgehead atoms. The third-order valence-corrected chi connectivity index (χ3v) is 5.96. The standard InChI is InChI=1S/C25H27NO2/c1-2-18-9-11-20(12-10-18)24(26-15-5-8-23(17-26)25(27)28)22-14-13-19-6-3-4-7-21(19)16-22/h3-4,6-7,9-14,16,23-24H,2,5,8,15,17H2,1H3,(H,27,28). The zero-order chi connectivity index (χ0) is 19.5. The highest BCUT2D eigenvalue weighted by Gasteiger charge is 2.31. The van der Waals surface area contributed by atoms with Crippen molar-refractivity contribution in [2.24, 2.45) is 5.92 Å². The Morgan fingerprint density at radius 1 is 1.04 bits per heavy atom. The summed E-state index contributed by atoms with van der Waals surface area (Å²) in [5.41, 5.74) is 3.79. The number of rotatable bonds is 5. The number of aryl methyl sites for hydroxylation is 1. The summed E-state index contributed by atoms with van der Waals surface area (Å²) < 4.78 is 0. The molecule has 1 heterocycles. The topological polar surface area (TPSA) is 40.5 Å². The molecule has 0 radical (unpaired) electrons. The summed E-state index contributed by atoms with van der Waals surface area (Å²) in [5.74, 6) is -0.963. The number of piperidine rings is 1. The number of hydrogen-bond acceptors (Lipinski definition) is 2. The number of carboxylic acids is 1. The number of fused-ring (bicyclic) bond motifs is 1. The van der Waals surface area contributed by atoms with Crippen LogP contribution in [0.1, 0.15) is 42.5 Å². The second-order valence-electron chi connectivity index (χ2n) is 7.78. The first-order chi connectivity index (χ1) is 13.7. The Balaban J connectivity index is 1.76. The fourth-order valence-corrected chi connectivity index (χ4v) is 4.37. The SMILES string of the molecule is CCc1ccc(C(c2ccc3ccccc3c2)N2CCCC(C(=O)O)C2)cc1. The smallest absolute Gasteiger partial charge is 0.307 e. The Morgan fingerprint density at radius 3 is 2.46 bits per heavy atom. The fraction of sp³-hybridized carbons (Fsp3) is 0.320. The van der Waals surface area contributed by atoms with E-state index in [2.05, 4.69) is 78.6 Å². The Labute approximate surface area is 166 Å². The van der Waals surface area contributed by atoms with Crippen molar-refractivity contribution in [1.29, 1.82) is 0 Å². The molecule has 0 amide bonds. The molecule has 1 aliphatic rings. The minimum Gasteiger partial charge on any atom is -0.481 e. The van der Waals surface area contributed by atoms with E-state index in [1.54, 1.807) is 0 Å². The molecule has 28 heavy (non-hydrogen) atoms. The summed E-state index contributed by atoms with van der Waals surface area (Å²) in [7, 11) is 0. The molecular formula is C25H27NO2. The van der Waals surface area contributed by atoms with E-state index in [1.165, 1.54) is 27.5 Å². The molecule has 4 rings (SSSR count). The van der Waals surface area contributed by atoms with Crippen molar-refractivity contribution in [3.63, 3.8) is 0 Å². The zero-order valence-electron chi connectivity index (χ0n) is 16.3. The van der Waals surface area contributed by atoms with Crippen molar-refractivity contribution in [2.45, 2.75) is 32.2 Å². The maximum absolute atomic E-state index is 11.6. The number of carboxylic acid groups (broad SMARTS) is 1. The van der Waals surface area contributed by atoms with E-state index >= 15 is 0 Å². The van der Waals surface area contributed by atoms with Crippen LogP contribution < -0.4 is 0 Å². The summed E-state index contributed by atoms with van der Waals surface area (Å²) in [4.78, 5) is 14.0. The lowest BCUT2D eigenvalue weighted by atomic mass is 9.90. The van der Waals surface area contributed by atoms with Crippen molar-refractivity contribution in [3.8, 4) is 0 Å². The normalized spacial score (nSPS) is 18.8. The highest BCUT2D eigenvalue weighted by atomic mass is 16.4. The molecule has 1 aliphatic heterocycles. The second kappa shape index (κ2) is 8.15. The van der Waals surface area contributed by atoms with E-state index in [4.69, 9.17) is 0 Å². The van der Waals surface area contributed by atoms with E-state index in [0.29, 0.717) is 6.54 Å².